The van der Waals surface area contributed by atoms with Gasteiger partial charge in [-0.05, 0) is 22.6 Å². The first-order valence-corrected chi connectivity index (χ1v) is 5.98. The first kappa shape index (κ1) is 12.0. The Morgan fingerprint density at radius 3 is 2.71 bits per heavy atom. The van der Waals surface area contributed by atoms with Gasteiger partial charge in [0.05, 0.1) is 9.77 Å². The molecule has 2 aromatic heterocycles. The van der Waals surface area contributed by atoms with Gasteiger partial charge in [0.25, 0.3) is 0 Å². The summed E-state index contributed by atoms with van der Waals surface area (Å²) in [6.45, 7) is 0.483. The van der Waals surface area contributed by atoms with Gasteiger partial charge < -0.3 is 10.6 Å². The molecule has 2 aromatic rings. The van der Waals surface area contributed by atoms with Crippen LogP contribution < -0.4 is 10.6 Å². The molecule has 8 heteroatoms. The van der Waals surface area contributed by atoms with Crippen molar-refractivity contribution in [1.82, 2.24) is 24.7 Å². The zero-order valence-electron chi connectivity index (χ0n) is 9.50. The molecular formula is C9H12IN7. The number of nitrogens with two attached hydrogens (primary N) is 1. The predicted molar refractivity (Wildman–Crippen MR) is 72.6 cm³/mol. The fourth-order valence-electron chi connectivity index (χ4n) is 1.27. The summed E-state index contributed by atoms with van der Waals surface area (Å²) < 4.78 is 2.83. The molecular weight excluding hydrogens is 333 g/mol. The molecule has 0 unspecified atom stereocenters. The normalized spacial score (nSPS) is 10.5. The summed E-state index contributed by atoms with van der Waals surface area (Å²) in [6, 6.07) is 0. The van der Waals surface area contributed by atoms with Crippen LogP contribution in [0.3, 0.4) is 0 Å². The topological polar surface area (TPSA) is 85.8 Å². The van der Waals surface area contributed by atoms with E-state index in [4.69, 9.17) is 5.73 Å². The summed E-state index contributed by atoms with van der Waals surface area (Å²) in [4.78, 5) is 14.2. The minimum Gasteiger partial charge on any atom is -0.368 e. The zero-order valence-corrected chi connectivity index (χ0v) is 11.7. The monoisotopic (exact) mass is 345 g/mol. The molecule has 2 N–H and O–H groups in total. The number of halogens is 1. The summed E-state index contributed by atoms with van der Waals surface area (Å²) in [7, 11) is 3.71. The van der Waals surface area contributed by atoms with E-state index in [0.29, 0.717) is 18.3 Å². The van der Waals surface area contributed by atoms with E-state index >= 15 is 0 Å². The molecule has 2 heterocycles. The van der Waals surface area contributed by atoms with Crippen LogP contribution in [0.15, 0.2) is 12.4 Å². The Kier molecular flexibility index (Phi) is 3.41. The van der Waals surface area contributed by atoms with Crippen LogP contribution >= 0.6 is 22.6 Å². The van der Waals surface area contributed by atoms with Crippen LogP contribution in [0.2, 0.25) is 0 Å². The molecule has 0 spiro atoms. The van der Waals surface area contributed by atoms with Crippen molar-refractivity contribution >= 4 is 34.5 Å². The highest BCUT2D eigenvalue weighted by atomic mass is 127. The minimum atomic E-state index is 0.223. The van der Waals surface area contributed by atoms with E-state index < -0.39 is 0 Å². The van der Waals surface area contributed by atoms with Crippen molar-refractivity contribution in [2.75, 3.05) is 24.7 Å². The standard InChI is InChI=1S/C9H12IN7/c1-16(2)9-14-7(13-8(11)15-9)5-17-4-6(10)3-12-17/h3-4H,5H2,1-2H3,(H2,11,13,14,15). The van der Waals surface area contributed by atoms with E-state index in [1.165, 1.54) is 0 Å². The van der Waals surface area contributed by atoms with Gasteiger partial charge >= 0.3 is 0 Å². The van der Waals surface area contributed by atoms with Crippen LogP contribution in [0.4, 0.5) is 11.9 Å². The smallest absolute Gasteiger partial charge is 0.229 e. The molecule has 0 bridgehead atoms. The third-order valence-corrected chi connectivity index (χ3v) is 2.55. The number of rotatable bonds is 3. The molecule has 0 aliphatic heterocycles. The molecule has 0 atom stereocenters. The molecule has 0 fully saturated rings. The number of nitrogen functional groups attached to an aromatic ring is 1. The van der Waals surface area contributed by atoms with Crippen molar-refractivity contribution < 1.29 is 0 Å². The summed E-state index contributed by atoms with van der Waals surface area (Å²) >= 11 is 2.20. The Labute approximate surface area is 112 Å². The van der Waals surface area contributed by atoms with Gasteiger partial charge in [-0.3, -0.25) is 4.68 Å². The molecule has 0 aliphatic carbocycles. The van der Waals surface area contributed by atoms with E-state index in [9.17, 15) is 0 Å². The van der Waals surface area contributed by atoms with Crippen LogP contribution in [-0.2, 0) is 6.54 Å². The zero-order chi connectivity index (χ0) is 12.4. The third kappa shape index (κ3) is 3.02. The van der Waals surface area contributed by atoms with Crippen LogP contribution in [0.1, 0.15) is 5.82 Å². The molecule has 0 radical (unpaired) electrons. The number of nitrogens with zero attached hydrogens (tertiary/aromatic N) is 6. The lowest BCUT2D eigenvalue weighted by molar-refractivity contribution is 0.651. The van der Waals surface area contributed by atoms with Crippen LogP contribution in [0.5, 0.6) is 0 Å². The molecule has 0 aromatic carbocycles. The Morgan fingerprint density at radius 2 is 2.12 bits per heavy atom. The van der Waals surface area contributed by atoms with Gasteiger partial charge in [-0.2, -0.15) is 20.1 Å². The molecule has 90 valence electrons. The molecule has 0 amide bonds. The van der Waals surface area contributed by atoms with Crippen LogP contribution in [-0.4, -0.2) is 38.8 Å². The van der Waals surface area contributed by atoms with Crippen molar-refractivity contribution in [2.24, 2.45) is 0 Å². The van der Waals surface area contributed by atoms with Gasteiger partial charge in [-0.1, -0.05) is 0 Å². The van der Waals surface area contributed by atoms with E-state index in [2.05, 4.69) is 42.6 Å². The highest BCUT2D eigenvalue weighted by Gasteiger charge is 2.07. The number of aromatic nitrogens is 5. The van der Waals surface area contributed by atoms with Crippen LogP contribution in [0, 0.1) is 3.57 Å². The Morgan fingerprint density at radius 1 is 1.35 bits per heavy atom. The molecule has 2 rings (SSSR count). The molecule has 0 saturated heterocycles. The minimum absolute atomic E-state index is 0.223. The van der Waals surface area contributed by atoms with E-state index in [1.807, 2.05) is 20.3 Å². The first-order chi connectivity index (χ1) is 8.04. The van der Waals surface area contributed by atoms with Gasteiger partial charge in [0.2, 0.25) is 11.9 Å². The summed E-state index contributed by atoms with van der Waals surface area (Å²) in [5.74, 6) is 1.37. The Bertz CT molecular complexity index is 522. The van der Waals surface area contributed by atoms with Crippen molar-refractivity contribution in [3.05, 3.63) is 21.8 Å². The first-order valence-electron chi connectivity index (χ1n) is 4.90. The van der Waals surface area contributed by atoms with E-state index in [0.717, 1.165) is 3.57 Å². The summed E-state index contributed by atoms with van der Waals surface area (Å²) in [5.41, 5.74) is 5.64. The maximum atomic E-state index is 5.64. The van der Waals surface area contributed by atoms with Crippen LogP contribution in [0.25, 0.3) is 0 Å². The fourth-order valence-corrected chi connectivity index (χ4v) is 1.71. The molecule has 0 aliphatic rings. The second-order valence-electron chi connectivity index (χ2n) is 3.66. The lowest BCUT2D eigenvalue weighted by atomic mass is 10.5. The van der Waals surface area contributed by atoms with E-state index in [-0.39, 0.29) is 5.95 Å². The number of hydrogen-bond donors (Lipinski definition) is 1. The second-order valence-corrected chi connectivity index (χ2v) is 4.91. The largest absolute Gasteiger partial charge is 0.368 e. The maximum Gasteiger partial charge on any atom is 0.229 e. The molecule has 0 saturated carbocycles. The molecule has 7 nitrogen and oxygen atoms in total. The SMILES string of the molecule is CN(C)c1nc(N)nc(Cn2cc(I)cn2)n1. The van der Waals surface area contributed by atoms with Crippen molar-refractivity contribution in [2.45, 2.75) is 6.54 Å². The lowest BCUT2D eigenvalue weighted by Crippen LogP contribution is -2.17. The fraction of sp³-hybridized carbons (Fsp3) is 0.333. The third-order valence-electron chi connectivity index (χ3n) is 1.99. The Hall–Kier alpha value is -1.45. The average molecular weight is 345 g/mol. The quantitative estimate of drug-likeness (QED) is 0.809. The number of anilines is 2. The van der Waals surface area contributed by atoms with Crippen molar-refractivity contribution in [1.29, 1.82) is 0 Å². The number of hydrogen-bond acceptors (Lipinski definition) is 6. The highest BCUT2D eigenvalue weighted by Crippen LogP contribution is 2.07. The predicted octanol–water partition coefficient (Wildman–Crippen LogP) is 0.369. The van der Waals surface area contributed by atoms with Gasteiger partial charge in [-0.25, -0.2) is 0 Å². The Balaban J connectivity index is 2.26. The van der Waals surface area contributed by atoms with Gasteiger partial charge in [0, 0.05) is 20.3 Å². The lowest BCUT2D eigenvalue weighted by Gasteiger charge is -2.11. The highest BCUT2D eigenvalue weighted by molar-refractivity contribution is 14.1. The van der Waals surface area contributed by atoms with Crippen molar-refractivity contribution in [3.63, 3.8) is 0 Å². The molecule has 17 heavy (non-hydrogen) atoms. The van der Waals surface area contributed by atoms with Gasteiger partial charge in [-0.15, -0.1) is 0 Å². The summed E-state index contributed by atoms with van der Waals surface area (Å²) in [5, 5.41) is 4.17. The van der Waals surface area contributed by atoms with E-state index in [1.54, 1.807) is 15.8 Å². The summed E-state index contributed by atoms with van der Waals surface area (Å²) in [6.07, 6.45) is 3.69. The van der Waals surface area contributed by atoms with Gasteiger partial charge in [0.1, 0.15) is 6.54 Å². The second kappa shape index (κ2) is 4.82. The maximum absolute atomic E-state index is 5.64. The average Bonchev–Trinajstić information content (AvgIpc) is 2.63. The van der Waals surface area contributed by atoms with Crippen molar-refractivity contribution in [3.8, 4) is 0 Å². The van der Waals surface area contributed by atoms with Gasteiger partial charge in [0.15, 0.2) is 5.82 Å².